The third-order valence-corrected chi connectivity index (χ3v) is 4.43. The molecule has 1 aliphatic rings. The van der Waals surface area contributed by atoms with Crippen LogP contribution in [0.5, 0.6) is 0 Å². The molecule has 0 bridgehead atoms. The van der Waals surface area contributed by atoms with Crippen LogP contribution in [-0.4, -0.2) is 30.6 Å². The molecule has 116 valence electrons. The Kier molecular flexibility index (Phi) is 5.40. The smallest absolute Gasteiger partial charge is 0.309 e. The molecule has 0 spiro atoms. The largest absolute Gasteiger partial charge is 0.466 e. The summed E-state index contributed by atoms with van der Waals surface area (Å²) in [4.78, 5) is 14.2. The monoisotopic (exact) mass is 289 g/mol. The predicted molar refractivity (Wildman–Crippen MR) is 85.3 cm³/mol. The number of piperidine rings is 1. The molecule has 0 saturated carbocycles. The van der Waals surface area contributed by atoms with Crippen molar-refractivity contribution in [2.24, 2.45) is 5.92 Å². The molecule has 0 unspecified atom stereocenters. The van der Waals surface area contributed by atoms with Gasteiger partial charge < -0.3 is 4.74 Å². The third-order valence-electron chi connectivity index (χ3n) is 4.43. The molecular formula is C18H27NO2. The minimum Gasteiger partial charge on any atom is -0.466 e. The molecule has 1 aromatic rings. The number of carbonyl (C=O) groups excluding carboxylic acids is 1. The van der Waals surface area contributed by atoms with Gasteiger partial charge in [0.1, 0.15) is 0 Å². The molecule has 3 heteroatoms. The average Bonchev–Trinajstić information content (AvgIpc) is 2.43. The van der Waals surface area contributed by atoms with Gasteiger partial charge in [0.25, 0.3) is 0 Å². The first-order valence-corrected chi connectivity index (χ1v) is 7.97. The van der Waals surface area contributed by atoms with Crippen LogP contribution in [0.2, 0.25) is 0 Å². The van der Waals surface area contributed by atoms with Gasteiger partial charge >= 0.3 is 5.97 Å². The number of hydrogen-bond donors (Lipinski definition) is 0. The van der Waals surface area contributed by atoms with E-state index >= 15 is 0 Å². The number of aryl methyl sites for hydroxylation is 3. The van der Waals surface area contributed by atoms with Gasteiger partial charge in [-0.25, -0.2) is 0 Å². The van der Waals surface area contributed by atoms with E-state index in [-0.39, 0.29) is 11.9 Å². The molecule has 0 radical (unpaired) electrons. The summed E-state index contributed by atoms with van der Waals surface area (Å²) in [5, 5.41) is 0. The lowest BCUT2D eigenvalue weighted by Crippen LogP contribution is -2.36. The number of nitrogens with zero attached hydrogens (tertiary/aromatic N) is 1. The fraction of sp³-hybridized carbons (Fsp3) is 0.611. The first-order chi connectivity index (χ1) is 10.0. The van der Waals surface area contributed by atoms with Crippen LogP contribution >= 0.6 is 0 Å². The molecule has 2 rings (SSSR count). The molecule has 3 nitrogen and oxygen atoms in total. The first kappa shape index (κ1) is 16.0. The van der Waals surface area contributed by atoms with E-state index in [9.17, 15) is 4.79 Å². The fourth-order valence-electron chi connectivity index (χ4n) is 3.27. The van der Waals surface area contributed by atoms with E-state index in [0.29, 0.717) is 6.61 Å². The molecule has 1 aliphatic heterocycles. The Morgan fingerprint density at radius 1 is 1.19 bits per heavy atom. The van der Waals surface area contributed by atoms with Crippen molar-refractivity contribution < 1.29 is 9.53 Å². The maximum Gasteiger partial charge on any atom is 0.309 e. The van der Waals surface area contributed by atoms with Crippen LogP contribution in [-0.2, 0) is 16.1 Å². The van der Waals surface area contributed by atoms with Gasteiger partial charge in [-0.15, -0.1) is 0 Å². The second kappa shape index (κ2) is 7.08. The van der Waals surface area contributed by atoms with Gasteiger partial charge in [-0.2, -0.15) is 0 Å². The van der Waals surface area contributed by atoms with E-state index in [1.54, 1.807) is 0 Å². The molecule has 1 aromatic carbocycles. The summed E-state index contributed by atoms with van der Waals surface area (Å²) in [6.45, 7) is 11.9. The summed E-state index contributed by atoms with van der Waals surface area (Å²) in [5.41, 5.74) is 5.52. The van der Waals surface area contributed by atoms with Gasteiger partial charge in [0.15, 0.2) is 0 Å². The maximum absolute atomic E-state index is 11.8. The van der Waals surface area contributed by atoms with Crippen molar-refractivity contribution in [1.82, 2.24) is 4.90 Å². The highest BCUT2D eigenvalue weighted by molar-refractivity contribution is 5.72. The minimum absolute atomic E-state index is 0.0140. The number of carbonyl (C=O) groups is 1. The second-order valence-corrected chi connectivity index (χ2v) is 6.18. The zero-order chi connectivity index (χ0) is 15.4. The fourth-order valence-corrected chi connectivity index (χ4v) is 3.27. The molecule has 0 N–H and O–H groups in total. The summed E-state index contributed by atoms with van der Waals surface area (Å²) in [7, 11) is 0. The Morgan fingerprint density at radius 2 is 1.76 bits per heavy atom. The third kappa shape index (κ3) is 4.07. The van der Waals surface area contributed by atoms with Gasteiger partial charge in [-0.3, -0.25) is 9.69 Å². The number of benzene rings is 1. The molecule has 1 fully saturated rings. The number of ether oxygens (including phenoxy) is 1. The lowest BCUT2D eigenvalue weighted by molar-refractivity contribution is -0.149. The summed E-state index contributed by atoms with van der Waals surface area (Å²) in [6.07, 6.45) is 1.84. The molecule has 1 saturated heterocycles. The minimum atomic E-state index is -0.0140. The SMILES string of the molecule is CCOC(=O)C1CCN(Cc2c(C)cc(C)cc2C)CC1. The van der Waals surface area contributed by atoms with Gasteiger partial charge in [0.2, 0.25) is 0 Å². The van der Waals surface area contributed by atoms with Crippen molar-refractivity contribution >= 4 is 5.97 Å². The first-order valence-electron chi connectivity index (χ1n) is 7.97. The lowest BCUT2D eigenvalue weighted by Gasteiger charge is -2.31. The summed E-state index contributed by atoms with van der Waals surface area (Å²) in [5.74, 6) is 0.0845. The van der Waals surface area contributed by atoms with E-state index < -0.39 is 0 Å². The zero-order valence-electron chi connectivity index (χ0n) is 13.7. The normalized spacial score (nSPS) is 17.0. The number of hydrogen-bond acceptors (Lipinski definition) is 3. The Balaban J connectivity index is 1.94. The van der Waals surface area contributed by atoms with Crippen LogP contribution in [0.3, 0.4) is 0 Å². The Bertz CT molecular complexity index is 479. The average molecular weight is 289 g/mol. The summed E-state index contributed by atoms with van der Waals surface area (Å²) < 4.78 is 5.13. The van der Waals surface area contributed by atoms with Crippen molar-refractivity contribution in [2.75, 3.05) is 19.7 Å². The number of rotatable bonds is 4. The van der Waals surface area contributed by atoms with Crippen LogP contribution in [0.1, 0.15) is 42.0 Å². The van der Waals surface area contributed by atoms with Gasteiger partial charge in [-0.05, 0) is 70.3 Å². The Morgan fingerprint density at radius 3 is 2.29 bits per heavy atom. The highest BCUT2D eigenvalue weighted by Crippen LogP contribution is 2.23. The van der Waals surface area contributed by atoms with Crippen molar-refractivity contribution in [3.8, 4) is 0 Å². The van der Waals surface area contributed by atoms with Gasteiger partial charge in [0, 0.05) is 6.54 Å². The maximum atomic E-state index is 11.8. The highest BCUT2D eigenvalue weighted by atomic mass is 16.5. The molecule has 0 aromatic heterocycles. The van der Waals surface area contributed by atoms with Crippen molar-refractivity contribution in [1.29, 1.82) is 0 Å². The quantitative estimate of drug-likeness (QED) is 0.796. The second-order valence-electron chi connectivity index (χ2n) is 6.18. The van der Waals surface area contributed by atoms with E-state index in [4.69, 9.17) is 4.74 Å². The van der Waals surface area contributed by atoms with Gasteiger partial charge in [-0.1, -0.05) is 17.7 Å². The van der Waals surface area contributed by atoms with E-state index in [0.717, 1.165) is 32.5 Å². The molecular weight excluding hydrogens is 262 g/mol. The standard InChI is InChI=1S/C18H27NO2/c1-5-21-18(20)16-6-8-19(9-7-16)12-17-14(3)10-13(2)11-15(17)4/h10-11,16H,5-9,12H2,1-4H3. The van der Waals surface area contributed by atoms with Crippen LogP contribution in [0, 0.1) is 26.7 Å². The molecule has 1 heterocycles. The van der Waals surface area contributed by atoms with Crippen LogP contribution in [0.25, 0.3) is 0 Å². The van der Waals surface area contributed by atoms with E-state index in [2.05, 4.69) is 37.8 Å². The Hall–Kier alpha value is -1.35. The van der Waals surface area contributed by atoms with E-state index in [1.165, 1.54) is 22.3 Å². The summed E-state index contributed by atoms with van der Waals surface area (Å²) in [6, 6.07) is 4.52. The lowest BCUT2D eigenvalue weighted by atomic mass is 9.95. The van der Waals surface area contributed by atoms with Crippen molar-refractivity contribution in [2.45, 2.75) is 47.1 Å². The highest BCUT2D eigenvalue weighted by Gasteiger charge is 2.26. The van der Waals surface area contributed by atoms with Gasteiger partial charge in [0.05, 0.1) is 12.5 Å². The predicted octanol–water partition coefficient (Wildman–Crippen LogP) is 3.39. The molecule has 21 heavy (non-hydrogen) atoms. The van der Waals surface area contributed by atoms with Crippen molar-refractivity contribution in [3.63, 3.8) is 0 Å². The summed E-state index contributed by atoms with van der Waals surface area (Å²) >= 11 is 0. The molecule has 0 aliphatic carbocycles. The number of likely N-dealkylation sites (tertiary alicyclic amines) is 1. The topological polar surface area (TPSA) is 29.5 Å². The Labute approximate surface area is 128 Å². The van der Waals surface area contributed by atoms with Crippen LogP contribution in [0.4, 0.5) is 0 Å². The van der Waals surface area contributed by atoms with Crippen LogP contribution in [0.15, 0.2) is 12.1 Å². The molecule has 0 amide bonds. The van der Waals surface area contributed by atoms with Crippen LogP contribution < -0.4 is 0 Å². The van der Waals surface area contributed by atoms with E-state index in [1.807, 2.05) is 6.92 Å². The van der Waals surface area contributed by atoms with Crippen molar-refractivity contribution in [3.05, 3.63) is 34.4 Å². The molecule has 0 atom stereocenters. The zero-order valence-corrected chi connectivity index (χ0v) is 13.7. The number of esters is 1.